The Hall–Kier alpha value is -1.93. The normalized spacial score (nSPS) is 19.6. The highest BCUT2D eigenvalue weighted by Gasteiger charge is 2.28. The van der Waals surface area contributed by atoms with Crippen molar-refractivity contribution < 1.29 is 18.0 Å². The van der Waals surface area contributed by atoms with E-state index in [4.69, 9.17) is 0 Å². The molecule has 1 aliphatic rings. The molecule has 2 N–H and O–H groups in total. The molecule has 1 aromatic rings. The molecule has 27 heavy (non-hydrogen) atoms. The standard InChI is InChI=1S/C19H29N3O4S/c1-15(2)27(25,26)21-14-19(24)22-12-8-4-7-11-20-18(23)13-17(22)16-9-5-3-6-10-16/h3,5-6,9-10,15,17,21H,4,7-8,11-14H2,1-2H3,(H,20,23). The van der Waals surface area contributed by atoms with Gasteiger partial charge in [-0.15, -0.1) is 0 Å². The molecule has 0 spiro atoms. The second-order valence-electron chi connectivity index (χ2n) is 7.04. The maximum absolute atomic E-state index is 12.9. The smallest absolute Gasteiger partial charge is 0.238 e. The van der Waals surface area contributed by atoms with Crippen LogP contribution in [-0.2, 0) is 19.6 Å². The van der Waals surface area contributed by atoms with E-state index in [1.54, 1.807) is 18.7 Å². The molecule has 0 aromatic heterocycles. The minimum atomic E-state index is -3.53. The van der Waals surface area contributed by atoms with Crippen molar-refractivity contribution in [1.29, 1.82) is 0 Å². The zero-order valence-electron chi connectivity index (χ0n) is 16.0. The van der Waals surface area contributed by atoms with Crippen LogP contribution in [-0.4, -0.2) is 50.0 Å². The number of hydrogen-bond acceptors (Lipinski definition) is 4. The fourth-order valence-electron chi connectivity index (χ4n) is 3.03. The molecule has 150 valence electrons. The van der Waals surface area contributed by atoms with Crippen LogP contribution in [0, 0.1) is 0 Å². The first-order chi connectivity index (χ1) is 12.8. The lowest BCUT2D eigenvalue weighted by molar-refractivity contribution is -0.134. The molecular weight excluding hydrogens is 366 g/mol. The number of sulfonamides is 1. The number of rotatable bonds is 5. The van der Waals surface area contributed by atoms with E-state index in [-0.39, 0.29) is 24.8 Å². The SMILES string of the molecule is CC(C)S(=O)(=O)NCC(=O)N1CCCCCNC(=O)CC1c1ccccc1. The van der Waals surface area contributed by atoms with Crippen LogP contribution in [0.15, 0.2) is 30.3 Å². The highest BCUT2D eigenvalue weighted by molar-refractivity contribution is 7.90. The lowest BCUT2D eigenvalue weighted by Gasteiger charge is -2.33. The van der Waals surface area contributed by atoms with Gasteiger partial charge >= 0.3 is 0 Å². The number of nitrogens with one attached hydrogen (secondary N) is 2. The van der Waals surface area contributed by atoms with Gasteiger partial charge in [-0.25, -0.2) is 13.1 Å². The first-order valence-electron chi connectivity index (χ1n) is 9.41. The maximum atomic E-state index is 12.9. The van der Waals surface area contributed by atoms with Gasteiger partial charge in [0.15, 0.2) is 0 Å². The summed E-state index contributed by atoms with van der Waals surface area (Å²) in [6.45, 7) is 3.96. The molecule has 0 saturated carbocycles. The number of amides is 2. The molecule has 7 nitrogen and oxygen atoms in total. The summed E-state index contributed by atoms with van der Waals surface area (Å²) in [4.78, 5) is 26.8. The van der Waals surface area contributed by atoms with Crippen molar-refractivity contribution >= 4 is 21.8 Å². The molecular formula is C19H29N3O4S. The quantitative estimate of drug-likeness (QED) is 0.791. The largest absolute Gasteiger partial charge is 0.356 e. The van der Waals surface area contributed by atoms with Crippen molar-refractivity contribution in [2.75, 3.05) is 19.6 Å². The van der Waals surface area contributed by atoms with Crippen LogP contribution < -0.4 is 10.0 Å². The summed E-state index contributed by atoms with van der Waals surface area (Å²) < 4.78 is 26.4. The lowest BCUT2D eigenvalue weighted by atomic mass is 10.00. The molecule has 2 rings (SSSR count). The molecule has 1 heterocycles. The number of benzene rings is 1. The van der Waals surface area contributed by atoms with Crippen molar-refractivity contribution in [3.63, 3.8) is 0 Å². The summed E-state index contributed by atoms with van der Waals surface area (Å²) >= 11 is 0. The Morgan fingerprint density at radius 1 is 1.22 bits per heavy atom. The highest BCUT2D eigenvalue weighted by Crippen LogP contribution is 2.26. The Morgan fingerprint density at radius 2 is 1.93 bits per heavy atom. The van der Waals surface area contributed by atoms with Crippen LogP contribution in [0.25, 0.3) is 0 Å². The molecule has 2 amide bonds. The highest BCUT2D eigenvalue weighted by atomic mass is 32.2. The minimum Gasteiger partial charge on any atom is -0.356 e. The van der Waals surface area contributed by atoms with Crippen LogP contribution in [0.1, 0.15) is 51.1 Å². The third-order valence-corrected chi connectivity index (χ3v) is 6.49. The van der Waals surface area contributed by atoms with Crippen LogP contribution in [0.4, 0.5) is 0 Å². The first kappa shape index (κ1) is 21.4. The van der Waals surface area contributed by atoms with Gasteiger partial charge < -0.3 is 10.2 Å². The summed E-state index contributed by atoms with van der Waals surface area (Å²) in [5.41, 5.74) is 0.869. The van der Waals surface area contributed by atoms with E-state index in [0.717, 1.165) is 24.8 Å². The average Bonchev–Trinajstić information content (AvgIpc) is 2.65. The number of hydrogen-bond donors (Lipinski definition) is 2. The molecule has 1 atom stereocenters. The van der Waals surface area contributed by atoms with Gasteiger partial charge in [0, 0.05) is 13.1 Å². The average molecular weight is 396 g/mol. The van der Waals surface area contributed by atoms with Crippen LogP contribution in [0.5, 0.6) is 0 Å². The Bertz CT molecular complexity index is 735. The summed E-state index contributed by atoms with van der Waals surface area (Å²) in [5.74, 6) is -0.423. The van der Waals surface area contributed by atoms with E-state index in [9.17, 15) is 18.0 Å². The van der Waals surface area contributed by atoms with Gasteiger partial charge in [-0.1, -0.05) is 30.3 Å². The molecule has 0 aliphatic carbocycles. The van der Waals surface area contributed by atoms with Crippen molar-refractivity contribution in [1.82, 2.24) is 14.9 Å². The third kappa shape index (κ3) is 6.32. The van der Waals surface area contributed by atoms with Crippen molar-refractivity contribution in [2.45, 2.75) is 50.8 Å². The fraction of sp³-hybridized carbons (Fsp3) is 0.579. The van der Waals surface area contributed by atoms with Gasteiger partial charge in [0.25, 0.3) is 0 Å². The predicted octanol–water partition coefficient (Wildman–Crippen LogP) is 1.57. The second-order valence-corrected chi connectivity index (χ2v) is 9.36. The van der Waals surface area contributed by atoms with Gasteiger partial charge in [-0.2, -0.15) is 0 Å². The van der Waals surface area contributed by atoms with E-state index in [2.05, 4.69) is 10.0 Å². The fourth-order valence-corrected chi connectivity index (χ4v) is 3.69. The first-order valence-corrected chi connectivity index (χ1v) is 11.0. The van der Waals surface area contributed by atoms with Gasteiger partial charge in [0.2, 0.25) is 21.8 Å². The van der Waals surface area contributed by atoms with Crippen LogP contribution in [0.2, 0.25) is 0 Å². The van der Waals surface area contributed by atoms with Crippen molar-refractivity contribution in [3.05, 3.63) is 35.9 Å². The molecule has 8 heteroatoms. The van der Waals surface area contributed by atoms with E-state index in [1.165, 1.54) is 0 Å². The lowest BCUT2D eigenvalue weighted by Crippen LogP contribution is -2.45. The zero-order valence-corrected chi connectivity index (χ0v) is 16.8. The summed E-state index contributed by atoms with van der Waals surface area (Å²) in [6.07, 6.45) is 2.72. The van der Waals surface area contributed by atoms with Crippen LogP contribution in [0.3, 0.4) is 0 Å². The second kappa shape index (κ2) is 9.85. The third-order valence-electron chi connectivity index (χ3n) is 4.70. The number of nitrogens with zero attached hydrogens (tertiary/aromatic N) is 1. The monoisotopic (exact) mass is 395 g/mol. The summed E-state index contributed by atoms with van der Waals surface area (Å²) in [6, 6.07) is 8.99. The maximum Gasteiger partial charge on any atom is 0.238 e. The van der Waals surface area contributed by atoms with Crippen LogP contribution >= 0.6 is 0 Å². The van der Waals surface area contributed by atoms with Gasteiger partial charge in [-0.3, -0.25) is 9.59 Å². The Balaban J connectivity index is 2.24. The molecule has 1 aromatic carbocycles. The van der Waals surface area contributed by atoms with E-state index in [0.29, 0.717) is 13.1 Å². The van der Waals surface area contributed by atoms with Crippen molar-refractivity contribution in [2.24, 2.45) is 0 Å². The van der Waals surface area contributed by atoms with Crippen molar-refractivity contribution in [3.8, 4) is 0 Å². The van der Waals surface area contributed by atoms with Gasteiger partial charge in [0.1, 0.15) is 0 Å². The summed E-state index contributed by atoms with van der Waals surface area (Å²) in [5, 5.41) is 2.28. The van der Waals surface area contributed by atoms with E-state index >= 15 is 0 Å². The topological polar surface area (TPSA) is 95.6 Å². The summed E-state index contributed by atoms with van der Waals surface area (Å²) in [7, 11) is -3.53. The zero-order chi connectivity index (χ0) is 19.9. The predicted molar refractivity (Wildman–Crippen MR) is 104 cm³/mol. The van der Waals surface area contributed by atoms with Gasteiger partial charge in [-0.05, 0) is 38.7 Å². The number of carbonyl (C=O) groups is 2. The Labute approximate surface area is 161 Å². The van der Waals surface area contributed by atoms with E-state index in [1.807, 2.05) is 30.3 Å². The molecule has 0 radical (unpaired) electrons. The van der Waals surface area contributed by atoms with Gasteiger partial charge in [0.05, 0.1) is 24.3 Å². The molecule has 1 fully saturated rings. The molecule has 0 bridgehead atoms. The van der Waals surface area contributed by atoms with E-state index < -0.39 is 21.3 Å². The Morgan fingerprint density at radius 3 is 2.59 bits per heavy atom. The minimum absolute atomic E-state index is 0.105. The Kier molecular flexibility index (Phi) is 7.79. The number of carbonyl (C=O) groups excluding carboxylic acids is 2. The molecule has 1 unspecified atom stereocenters. The molecule has 1 saturated heterocycles. The molecule has 1 aliphatic heterocycles.